The molecule has 1 aromatic rings. The normalized spacial score (nSPS) is 19.5. The third kappa shape index (κ3) is 3.34. The summed E-state index contributed by atoms with van der Waals surface area (Å²) in [5.74, 6) is 1.05. The summed E-state index contributed by atoms with van der Waals surface area (Å²) in [5, 5.41) is 3.52. The zero-order valence-corrected chi connectivity index (χ0v) is 10.5. The Morgan fingerprint density at radius 1 is 1.53 bits per heavy atom. The van der Waals surface area contributed by atoms with Crippen molar-refractivity contribution in [3.63, 3.8) is 0 Å². The fourth-order valence-corrected chi connectivity index (χ4v) is 2.17. The van der Waals surface area contributed by atoms with Gasteiger partial charge in [0.05, 0.1) is 0 Å². The molecule has 2 unspecified atom stereocenters. The molecule has 1 aromatic carbocycles. The maximum absolute atomic E-state index is 5.88. The quantitative estimate of drug-likeness (QED) is 0.760. The third-order valence-electron chi connectivity index (χ3n) is 3.21. The molecule has 2 heteroatoms. The number of benzene rings is 1. The van der Waals surface area contributed by atoms with Crippen LogP contribution >= 0.6 is 0 Å². The van der Waals surface area contributed by atoms with Crippen LogP contribution in [-0.4, -0.2) is 18.7 Å². The smallest absolute Gasteiger partial charge is 0.123 e. The minimum Gasteiger partial charge on any atom is -0.488 e. The largest absolute Gasteiger partial charge is 0.488 e. The lowest BCUT2D eigenvalue weighted by Crippen LogP contribution is -2.35. The van der Waals surface area contributed by atoms with Gasteiger partial charge in [0.1, 0.15) is 11.9 Å². The molecule has 0 aliphatic carbocycles. The molecule has 0 aromatic heterocycles. The van der Waals surface area contributed by atoms with Crippen LogP contribution in [0.3, 0.4) is 0 Å². The standard InChI is InChI=1S/C15H21NO/c1-3-4-7-12(2)16-11-14-10-13-8-5-6-9-15(13)17-14/h3,5-6,8-9,12,14,16H,1,4,7,10-11H2,2H3. The predicted octanol–water partition coefficient (Wildman–Crippen LogP) is 2.93. The van der Waals surface area contributed by atoms with Gasteiger partial charge in [-0.05, 0) is 31.4 Å². The number of allylic oxidation sites excluding steroid dienone is 1. The average Bonchev–Trinajstić information content (AvgIpc) is 2.76. The molecule has 2 nitrogen and oxygen atoms in total. The Labute approximate surface area is 104 Å². The van der Waals surface area contributed by atoms with Crippen molar-refractivity contribution in [1.29, 1.82) is 0 Å². The van der Waals surface area contributed by atoms with E-state index >= 15 is 0 Å². The lowest BCUT2D eigenvalue weighted by atomic mass is 10.1. The Hall–Kier alpha value is -1.28. The SMILES string of the molecule is C=CCCC(C)NCC1Cc2ccccc2O1. The molecule has 0 bridgehead atoms. The van der Waals surface area contributed by atoms with E-state index < -0.39 is 0 Å². The molecule has 1 aliphatic rings. The van der Waals surface area contributed by atoms with Crippen LogP contribution in [0.2, 0.25) is 0 Å². The van der Waals surface area contributed by atoms with E-state index in [1.54, 1.807) is 0 Å². The Bertz CT molecular complexity index is 350. The van der Waals surface area contributed by atoms with E-state index in [1.165, 1.54) is 5.56 Å². The molecular formula is C15H21NO. The minimum atomic E-state index is 0.290. The van der Waals surface area contributed by atoms with Crippen LogP contribution in [0.4, 0.5) is 0 Å². The molecule has 1 heterocycles. The third-order valence-corrected chi connectivity index (χ3v) is 3.21. The molecule has 2 rings (SSSR count). The van der Waals surface area contributed by atoms with E-state index in [-0.39, 0.29) is 0 Å². The van der Waals surface area contributed by atoms with Gasteiger partial charge < -0.3 is 10.1 Å². The molecule has 0 radical (unpaired) electrons. The van der Waals surface area contributed by atoms with Gasteiger partial charge in [-0.15, -0.1) is 6.58 Å². The molecule has 0 saturated heterocycles. The first-order valence-electron chi connectivity index (χ1n) is 6.38. The topological polar surface area (TPSA) is 21.3 Å². The van der Waals surface area contributed by atoms with Crippen molar-refractivity contribution in [3.05, 3.63) is 42.5 Å². The summed E-state index contributed by atoms with van der Waals surface area (Å²) in [4.78, 5) is 0. The van der Waals surface area contributed by atoms with Crippen molar-refractivity contribution in [2.24, 2.45) is 0 Å². The first-order chi connectivity index (χ1) is 8.29. The highest BCUT2D eigenvalue weighted by Crippen LogP contribution is 2.27. The van der Waals surface area contributed by atoms with E-state index in [4.69, 9.17) is 4.74 Å². The Balaban J connectivity index is 1.74. The van der Waals surface area contributed by atoms with Crippen LogP contribution in [0.25, 0.3) is 0 Å². The monoisotopic (exact) mass is 231 g/mol. The Kier molecular flexibility index (Phi) is 4.21. The number of nitrogens with one attached hydrogen (secondary N) is 1. The maximum Gasteiger partial charge on any atom is 0.123 e. The summed E-state index contributed by atoms with van der Waals surface area (Å²) in [5.41, 5.74) is 1.33. The van der Waals surface area contributed by atoms with Crippen molar-refractivity contribution < 1.29 is 4.74 Å². The van der Waals surface area contributed by atoms with Gasteiger partial charge >= 0.3 is 0 Å². The van der Waals surface area contributed by atoms with Gasteiger partial charge in [-0.1, -0.05) is 24.3 Å². The van der Waals surface area contributed by atoms with Gasteiger partial charge in [-0.3, -0.25) is 0 Å². The molecule has 0 fully saturated rings. The summed E-state index contributed by atoms with van der Waals surface area (Å²) >= 11 is 0. The Morgan fingerprint density at radius 3 is 3.12 bits per heavy atom. The number of para-hydroxylation sites is 1. The van der Waals surface area contributed by atoms with E-state index in [0.717, 1.165) is 31.6 Å². The number of hydrogen-bond acceptors (Lipinski definition) is 2. The predicted molar refractivity (Wildman–Crippen MR) is 71.5 cm³/mol. The van der Waals surface area contributed by atoms with Crippen LogP contribution in [0.1, 0.15) is 25.3 Å². The minimum absolute atomic E-state index is 0.290. The van der Waals surface area contributed by atoms with Crippen molar-refractivity contribution in [1.82, 2.24) is 5.32 Å². The first-order valence-corrected chi connectivity index (χ1v) is 6.38. The summed E-state index contributed by atoms with van der Waals surface area (Å²) in [6.45, 7) is 6.88. The highest BCUT2D eigenvalue weighted by atomic mass is 16.5. The summed E-state index contributed by atoms with van der Waals surface area (Å²) in [7, 11) is 0. The van der Waals surface area contributed by atoms with Gasteiger partial charge in [0.2, 0.25) is 0 Å². The second-order valence-electron chi connectivity index (χ2n) is 4.73. The van der Waals surface area contributed by atoms with E-state index in [0.29, 0.717) is 12.1 Å². The number of rotatable bonds is 6. The first kappa shape index (κ1) is 12.2. The highest BCUT2D eigenvalue weighted by molar-refractivity contribution is 5.37. The van der Waals surface area contributed by atoms with Crippen LogP contribution in [0.5, 0.6) is 5.75 Å². The van der Waals surface area contributed by atoms with Gasteiger partial charge in [-0.2, -0.15) is 0 Å². The van der Waals surface area contributed by atoms with Crippen LogP contribution in [-0.2, 0) is 6.42 Å². The van der Waals surface area contributed by atoms with Crippen LogP contribution in [0.15, 0.2) is 36.9 Å². The number of fused-ring (bicyclic) bond motifs is 1. The fraction of sp³-hybridized carbons (Fsp3) is 0.467. The summed E-state index contributed by atoms with van der Waals surface area (Å²) in [6, 6.07) is 8.83. The summed E-state index contributed by atoms with van der Waals surface area (Å²) in [6.07, 6.45) is 5.50. The number of hydrogen-bond donors (Lipinski definition) is 1. The second-order valence-corrected chi connectivity index (χ2v) is 4.73. The molecular weight excluding hydrogens is 210 g/mol. The maximum atomic E-state index is 5.88. The highest BCUT2D eigenvalue weighted by Gasteiger charge is 2.22. The Morgan fingerprint density at radius 2 is 2.35 bits per heavy atom. The molecule has 1 aliphatic heterocycles. The molecule has 0 amide bonds. The molecule has 2 atom stereocenters. The van der Waals surface area contributed by atoms with Crippen molar-refractivity contribution >= 4 is 0 Å². The lowest BCUT2D eigenvalue weighted by Gasteiger charge is -2.16. The van der Waals surface area contributed by atoms with Crippen LogP contribution in [0, 0.1) is 0 Å². The zero-order chi connectivity index (χ0) is 12.1. The zero-order valence-electron chi connectivity index (χ0n) is 10.5. The van der Waals surface area contributed by atoms with Crippen molar-refractivity contribution in [2.75, 3.05) is 6.54 Å². The van der Waals surface area contributed by atoms with E-state index in [1.807, 2.05) is 12.1 Å². The van der Waals surface area contributed by atoms with Gasteiger partial charge in [0.15, 0.2) is 0 Å². The molecule has 17 heavy (non-hydrogen) atoms. The van der Waals surface area contributed by atoms with E-state index in [2.05, 4.69) is 37.0 Å². The molecule has 0 spiro atoms. The molecule has 1 N–H and O–H groups in total. The van der Waals surface area contributed by atoms with Gasteiger partial charge in [0, 0.05) is 19.0 Å². The van der Waals surface area contributed by atoms with Crippen molar-refractivity contribution in [3.8, 4) is 5.75 Å². The number of ether oxygens (including phenoxy) is 1. The van der Waals surface area contributed by atoms with Crippen LogP contribution < -0.4 is 10.1 Å². The van der Waals surface area contributed by atoms with E-state index in [9.17, 15) is 0 Å². The molecule has 92 valence electrons. The lowest BCUT2D eigenvalue weighted by molar-refractivity contribution is 0.221. The van der Waals surface area contributed by atoms with Gasteiger partial charge in [-0.25, -0.2) is 0 Å². The average molecular weight is 231 g/mol. The second kappa shape index (κ2) is 5.87. The van der Waals surface area contributed by atoms with Gasteiger partial charge in [0.25, 0.3) is 0 Å². The van der Waals surface area contributed by atoms with Crippen molar-refractivity contribution in [2.45, 2.75) is 38.3 Å². The fourth-order valence-electron chi connectivity index (χ4n) is 2.17. The summed E-state index contributed by atoms with van der Waals surface area (Å²) < 4.78 is 5.88. The molecule has 0 saturated carbocycles.